The summed E-state index contributed by atoms with van der Waals surface area (Å²) in [5.74, 6) is -1.09. The van der Waals surface area contributed by atoms with Gasteiger partial charge < -0.3 is 14.8 Å². The fourth-order valence-corrected chi connectivity index (χ4v) is 3.95. The Hall–Kier alpha value is -2.69. The van der Waals surface area contributed by atoms with E-state index < -0.39 is 43.7 Å². The van der Waals surface area contributed by atoms with E-state index in [2.05, 4.69) is 10.1 Å². The zero-order valence-corrected chi connectivity index (χ0v) is 16.4. The van der Waals surface area contributed by atoms with Crippen molar-refractivity contribution in [2.45, 2.75) is 49.5 Å². The number of esters is 1. The molecule has 0 spiro atoms. The van der Waals surface area contributed by atoms with E-state index in [1.807, 2.05) is 0 Å². The zero-order valence-electron chi connectivity index (χ0n) is 15.6. The summed E-state index contributed by atoms with van der Waals surface area (Å²) in [5.41, 5.74) is -1.12. The van der Waals surface area contributed by atoms with Crippen molar-refractivity contribution in [2.75, 3.05) is 7.11 Å². The molecule has 0 fully saturated rings. The number of nitrogens with one attached hydrogen (secondary N) is 1. The zero-order chi connectivity index (χ0) is 21.0. The lowest BCUT2D eigenvalue weighted by Gasteiger charge is -2.25. The van der Waals surface area contributed by atoms with Crippen molar-refractivity contribution in [3.63, 3.8) is 0 Å². The SMILES string of the molecule is COC(=O)C([C@H](C)NC(=O)OC(C)(C)C)S(=O)(=O)c1ccc([N+](=O)[O-])cc1. The van der Waals surface area contributed by atoms with Crippen molar-refractivity contribution in [1.29, 1.82) is 0 Å². The molecule has 1 aromatic carbocycles. The average Bonchev–Trinajstić information content (AvgIpc) is 2.52. The molecule has 2 atom stereocenters. The molecule has 0 heterocycles. The molecule has 27 heavy (non-hydrogen) atoms. The van der Waals surface area contributed by atoms with Crippen LogP contribution in [0, 0.1) is 10.1 Å². The van der Waals surface area contributed by atoms with Crippen LogP contribution in [0.3, 0.4) is 0 Å². The largest absolute Gasteiger partial charge is 0.468 e. The minimum atomic E-state index is -4.31. The van der Waals surface area contributed by atoms with Gasteiger partial charge in [0, 0.05) is 12.1 Å². The molecule has 1 N–H and O–H groups in total. The molecule has 0 aromatic heterocycles. The Kier molecular flexibility index (Phi) is 6.90. The van der Waals surface area contributed by atoms with Crippen molar-refractivity contribution in [3.8, 4) is 0 Å². The molecule has 0 aliphatic rings. The maximum Gasteiger partial charge on any atom is 0.407 e. The maximum atomic E-state index is 12.9. The van der Waals surface area contributed by atoms with Crippen LogP contribution in [0.1, 0.15) is 27.7 Å². The third-order valence-corrected chi connectivity index (χ3v) is 5.54. The number of hydrogen-bond donors (Lipinski definition) is 1. The molecule has 10 nitrogen and oxygen atoms in total. The van der Waals surface area contributed by atoms with Gasteiger partial charge in [0.2, 0.25) is 0 Å². The lowest BCUT2D eigenvalue weighted by atomic mass is 10.2. The fraction of sp³-hybridized carbons (Fsp3) is 0.500. The van der Waals surface area contributed by atoms with Crippen LogP contribution in [0.15, 0.2) is 29.2 Å². The number of nitro benzene ring substituents is 1. The number of sulfone groups is 1. The van der Waals surface area contributed by atoms with Gasteiger partial charge in [0.05, 0.1) is 23.0 Å². The van der Waals surface area contributed by atoms with Gasteiger partial charge in [-0.15, -0.1) is 0 Å². The second-order valence-electron chi connectivity index (χ2n) is 6.67. The lowest BCUT2D eigenvalue weighted by molar-refractivity contribution is -0.384. The van der Waals surface area contributed by atoms with Crippen LogP contribution < -0.4 is 5.32 Å². The van der Waals surface area contributed by atoms with Gasteiger partial charge >= 0.3 is 12.1 Å². The van der Waals surface area contributed by atoms with Gasteiger partial charge in [-0.25, -0.2) is 13.2 Å². The van der Waals surface area contributed by atoms with Gasteiger partial charge in [-0.2, -0.15) is 0 Å². The molecule has 1 aromatic rings. The summed E-state index contributed by atoms with van der Waals surface area (Å²) in [7, 11) is -3.30. The highest BCUT2D eigenvalue weighted by Crippen LogP contribution is 2.23. The number of non-ortho nitro benzene ring substituents is 1. The van der Waals surface area contributed by atoms with Crippen LogP contribution in [0.2, 0.25) is 0 Å². The second-order valence-corrected chi connectivity index (χ2v) is 8.74. The predicted octanol–water partition coefficient (Wildman–Crippen LogP) is 1.82. The molecule has 1 unspecified atom stereocenters. The number of carbonyl (C=O) groups excluding carboxylic acids is 2. The quantitative estimate of drug-likeness (QED) is 0.431. The van der Waals surface area contributed by atoms with Gasteiger partial charge in [-0.1, -0.05) is 0 Å². The molecular weight excluding hydrogens is 380 g/mol. The van der Waals surface area contributed by atoms with Gasteiger partial charge in [-0.3, -0.25) is 14.9 Å². The molecular formula is C16H22N2O8S. The van der Waals surface area contributed by atoms with Crippen LogP contribution in [-0.2, 0) is 24.1 Å². The number of benzene rings is 1. The van der Waals surface area contributed by atoms with E-state index in [1.165, 1.54) is 6.92 Å². The van der Waals surface area contributed by atoms with E-state index in [1.54, 1.807) is 20.8 Å². The molecule has 0 saturated heterocycles. The molecule has 0 aliphatic heterocycles. The molecule has 0 aliphatic carbocycles. The normalized spacial score (nSPS) is 14.0. The first-order chi connectivity index (χ1) is 12.3. The summed E-state index contributed by atoms with van der Waals surface area (Å²) >= 11 is 0. The molecule has 0 bridgehead atoms. The Balaban J connectivity index is 3.19. The van der Waals surface area contributed by atoms with Gasteiger partial charge in [0.15, 0.2) is 15.1 Å². The Morgan fingerprint density at radius 3 is 2.11 bits per heavy atom. The highest BCUT2D eigenvalue weighted by atomic mass is 32.2. The Morgan fingerprint density at radius 2 is 1.70 bits per heavy atom. The number of methoxy groups -OCH3 is 1. The average molecular weight is 402 g/mol. The fourth-order valence-electron chi connectivity index (χ4n) is 2.19. The molecule has 1 rings (SSSR count). The van der Waals surface area contributed by atoms with Crippen LogP contribution in [-0.4, -0.2) is 49.4 Å². The van der Waals surface area contributed by atoms with Crippen LogP contribution >= 0.6 is 0 Å². The highest BCUT2D eigenvalue weighted by molar-refractivity contribution is 7.92. The van der Waals surface area contributed by atoms with Crippen LogP contribution in [0.4, 0.5) is 10.5 Å². The molecule has 11 heteroatoms. The number of amides is 1. The van der Waals surface area contributed by atoms with Crippen molar-refractivity contribution in [1.82, 2.24) is 5.32 Å². The third kappa shape index (κ3) is 5.91. The highest BCUT2D eigenvalue weighted by Gasteiger charge is 2.41. The van der Waals surface area contributed by atoms with Crippen LogP contribution in [0.25, 0.3) is 0 Å². The van der Waals surface area contributed by atoms with Gasteiger partial charge in [0.25, 0.3) is 5.69 Å². The van der Waals surface area contributed by atoms with Crippen molar-refractivity contribution >= 4 is 27.6 Å². The molecule has 150 valence electrons. The number of alkyl carbamates (subject to hydrolysis) is 1. The van der Waals surface area contributed by atoms with E-state index in [0.29, 0.717) is 0 Å². The van der Waals surface area contributed by atoms with Crippen LogP contribution in [0.5, 0.6) is 0 Å². The summed E-state index contributed by atoms with van der Waals surface area (Å²) in [4.78, 5) is 33.7. The Morgan fingerprint density at radius 1 is 1.19 bits per heavy atom. The number of rotatable bonds is 6. The smallest absolute Gasteiger partial charge is 0.407 e. The molecule has 1 amide bonds. The Labute approximate surface area is 156 Å². The summed E-state index contributed by atoms with van der Waals surface area (Å²) in [6.07, 6.45) is -0.900. The van der Waals surface area contributed by atoms with E-state index in [4.69, 9.17) is 4.74 Å². The third-order valence-electron chi connectivity index (χ3n) is 3.34. The minimum Gasteiger partial charge on any atom is -0.468 e. The Bertz CT molecular complexity index is 812. The number of nitro groups is 1. The molecule has 0 saturated carbocycles. The lowest BCUT2D eigenvalue weighted by Crippen LogP contribution is -2.50. The predicted molar refractivity (Wildman–Crippen MR) is 94.9 cm³/mol. The van der Waals surface area contributed by atoms with E-state index in [0.717, 1.165) is 31.4 Å². The number of nitrogens with zero attached hydrogens (tertiary/aromatic N) is 1. The second kappa shape index (κ2) is 8.33. The summed E-state index contributed by atoms with van der Waals surface area (Å²) < 4.78 is 35.3. The minimum absolute atomic E-state index is 0.302. The van der Waals surface area contributed by atoms with E-state index in [-0.39, 0.29) is 10.6 Å². The van der Waals surface area contributed by atoms with E-state index >= 15 is 0 Å². The van der Waals surface area contributed by atoms with Gasteiger partial charge in [-0.05, 0) is 39.8 Å². The van der Waals surface area contributed by atoms with Crippen molar-refractivity contribution < 1.29 is 32.4 Å². The first-order valence-corrected chi connectivity index (χ1v) is 9.40. The first kappa shape index (κ1) is 22.4. The van der Waals surface area contributed by atoms with E-state index in [9.17, 15) is 28.1 Å². The number of hydrogen-bond acceptors (Lipinski definition) is 8. The summed E-state index contributed by atoms with van der Waals surface area (Å²) in [6.45, 7) is 6.20. The monoisotopic (exact) mass is 402 g/mol. The maximum absolute atomic E-state index is 12.9. The summed E-state index contributed by atoms with van der Waals surface area (Å²) in [5, 5.41) is 11.3. The molecule has 0 radical (unpaired) electrons. The van der Waals surface area contributed by atoms with Gasteiger partial charge in [0.1, 0.15) is 5.60 Å². The number of ether oxygens (including phenoxy) is 2. The van der Waals surface area contributed by atoms with Crippen molar-refractivity contribution in [2.24, 2.45) is 0 Å². The standard InChI is InChI=1S/C16H22N2O8S/c1-10(17-15(20)26-16(2,3)4)13(14(19)25-5)27(23,24)12-8-6-11(7-9-12)18(21)22/h6-10,13H,1-5H3,(H,17,20)/t10-,13?/m0/s1. The first-order valence-electron chi connectivity index (χ1n) is 7.85. The number of carbonyl (C=O) groups is 2. The summed E-state index contributed by atoms with van der Waals surface area (Å²) in [6, 6.07) is 2.86. The van der Waals surface area contributed by atoms with Crippen molar-refractivity contribution in [3.05, 3.63) is 34.4 Å². The topological polar surface area (TPSA) is 142 Å².